The molecule has 0 aromatic heterocycles. The molecule has 2 aliphatic rings. The van der Waals surface area contributed by atoms with E-state index in [1.807, 2.05) is 30.0 Å². The number of hydrogen-bond acceptors (Lipinski definition) is 4. The third-order valence-corrected chi connectivity index (χ3v) is 6.91. The summed E-state index contributed by atoms with van der Waals surface area (Å²) in [4.78, 5) is 20.3. The predicted molar refractivity (Wildman–Crippen MR) is 136 cm³/mol. The van der Waals surface area contributed by atoms with Crippen LogP contribution in [0.3, 0.4) is 0 Å². The summed E-state index contributed by atoms with van der Waals surface area (Å²) >= 11 is 0. The number of ether oxygens (including phenoxy) is 1. The van der Waals surface area contributed by atoms with Crippen LogP contribution in [-0.2, 0) is 11.2 Å². The van der Waals surface area contributed by atoms with E-state index in [2.05, 4.69) is 52.3 Å². The summed E-state index contributed by atoms with van der Waals surface area (Å²) < 4.78 is 5.56. The van der Waals surface area contributed by atoms with Crippen LogP contribution >= 0.6 is 0 Å². The molecule has 0 saturated carbocycles. The Labute approximate surface area is 196 Å². The number of anilines is 2. The zero-order valence-electron chi connectivity index (χ0n) is 19.5. The molecule has 172 valence electrons. The first kappa shape index (κ1) is 21.9. The maximum atomic E-state index is 13.3. The summed E-state index contributed by atoms with van der Waals surface area (Å²) in [6, 6.07) is 21.0. The van der Waals surface area contributed by atoms with Gasteiger partial charge in [0, 0.05) is 61.4 Å². The first-order chi connectivity index (χ1) is 16.3. The molecule has 5 heteroatoms. The standard InChI is InChI=1S/C28H33N3O2/c1-2-33-21-20-29-15-7-16-30(19-18-29)25-12-13-26-27-23(25)10-6-11-24(27)28(32)31(26)17-14-22-8-4-3-5-9-22/h3-6,8-13H,2,7,14-21H2,1H3. The number of hydrogen-bond donors (Lipinski definition) is 0. The Morgan fingerprint density at radius 1 is 0.848 bits per heavy atom. The van der Waals surface area contributed by atoms with Gasteiger partial charge in [-0.05, 0) is 50.1 Å². The Hall–Kier alpha value is -2.89. The molecule has 2 heterocycles. The molecule has 5 rings (SSSR count). The van der Waals surface area contributed by atoms with Gasteiger partial charge in [0.25, 0.3) is 5.91 Å². The van der Waals surface area contributed by atoms with Gasteiger partial charge in [-0.2, -0.15) is 0 Å². The molecular weight excluding hydrogens is 410 g/mol. The van der Waals surface area contributed by atoms with Crippen LogP contribution in [0.5, 0.6) is 0 Å². The normalized spacial score (nSPS) is 16.6. The van der Waals surface area contributed by atoms with Crippen LogP contribution < -0.4 is 9.80 Å². The molecule has 0 atom stereocenters. The molecule has 0 bridgehead atoms. The number of carbonyl (C=O) groups excluding carboxylic acids is 1. The lowest BCUT2D eigenvalue weighted by molar-refractivity contribution is 0.0993. The van der Waals surface area contributed by atoms with E-state index in [4.69, 9.17) is 4.74 Å². The second-order valence-corrected chi connectivity index (χ2v) is 8.90. The van der Waals surface area contributed by atoms with Gasteiger partial charge in [-0.15, -0.1) is 0 Å². The van der Waals surface area contributed by atoms with Crippen molar-refractivity contribution in [1.82, 2.24) is 4.90 Å². The molecule has 1 saturated heterocycles. The summed E-state index contributed by atoms with van der Waals surface area (Å²) in [5.74, 6) is 0.127. The van der Waals surface area contributed by atoms with Gasteiger partial charge in [0.1, 0.15) is 0 Å². The molecule has 0 radical (unpaired) electrons. The van der Waals surface area contributed by atoms with Crippen molar-refractivity contribution in [1.29, 1.82) is 0 Å². The highest BCUT2D eigenvalue weighted by atomic mass is 16.5. The van der Waals surface area contributed by atoms with Crippen LogP contribution in [0.25, 0.3) is 10.8 Å². The molecule has 5 nitrogen and oxygen atoms in total. The van der Waals surface area contributed by atoms with Gasteiger partial charge >= 0.3 is 0 Å². The van der Waals surface area contributed by atoms with Crippen molar-refractivity contribution in [3.8, 4) is 0 Å². The molecule has 1 fully saturated rings. The summed E-state index contributed by atoms with van der Waals surface area (Å²) in [6.45, 7) is 9.51. The summed E-state index contributed by atoms with van der Waals surface area (Å²) in [6.07, 6.45) is 1.99. The minimum Gasteiger partial charge on any atom is -0.380 e. The number of amides is 1. The lowest BCUT2D eigenvalue weighted by Gasteiger charge is -2.26. The highest BCUT2D eigenvalue weighted by Gasteiger charge is 2.31. The van der Waals surface area contributed by atoms with Crippen LogP contribution in [0.1, 0.15) is 29.3 Å². The minimum atomic E-state index is 0.127. The molecule has 33 heavy (non-hydrogen) atoms. The molecule has 2 aliphatic heterocycles. The van der Waals surface area contributed by atoms with Crippen LogP contribution in [0.15, 0.2) is 60.7 Å². The van der Waals surface area contributed by atoms with Gasteiger partial charge < -0.3 is 14.5 Å². The molecular formula is C28H33N3O2. The van der Waals surface area contributed by atoms with Crippen molar-refractivity contribution in [2.45, 2.75) is 19.8 Å². The van der Waals surface area contributed by atoms with E-state index in [9.17, 15) is 4.79 Å². The van der Waals surface area contributed by atoms with E-state index < -0.39 is 0 Å². The van der Waals surface area contributed by atoms with Crippen molar-refractivity contribution in [3.63, 3.8) is 0 Å². The fourth-order valence-corrected chi connectivity index (χ4v) is 5.19. The van der Waals surface area contributed by atoms with Crippen molar-refractivity contribution in [2.24, 2.45) is 0 Å². The van der Waals surface area contributed by atoms with E-state index in [1.165, 1.54) is 16.6 Å². The van der Waals surface area contributed by atoms with Crippen LogP contribution in [0.4, 0.5) is 11.4 Å². The van der Waals surface area contributed by atoms with Crippen molar-refractivity contribution < 1.29 is 9.53 Å². The zero-order valence-corrected chi connectivity index (χ0v) is 19.5. The van der Waals surface area contributed by atoms with Crippen molar-refractivity contribution >= 4 is 28.1 Å². The highest BCUT2D eigenvalue weighted by molar-refractivity contribution is 6.26. The topological polar surface area (TPSA) is 36.0 Å². The van der Waals surface area contributed by atoms with E-state index >= 15 is 0 Å². The second-order valence-electron chi connectivity index (χ2n) is 8.90. The first-order valence-corrected chi connectivity index (χ1v) is 12.2. The molecule has 0 spiro atoms. The van der Waals surface area contributed by atoms with E-state index in [-0.39, 0.29) is 5.91 Å². The summed E-state index contributed by atoms with van der Waals surface area (Å²) in [5, 5.41) is 2.31. The number of benzene rings is 3. The van der Waals surface area contributed by atoms with E-state index in [0.29, 0.717) is 6.54 Å². The molecule has 0 aliphatic carbocycles. The van der Waals surface area contributed by atoms with Crippen molar-refractivity contribution in [2.75, 3.05) is 62.3 Å². The van der Waals surface area contributed by atoms with Gasteiger partial charge in [-0.25, -0.2) is 0 Å². The first-order valence-electron chi connectivity index (χ1n) is 12.2. The summed E-state index contributed by atoms with van der Waals surface area (Å²) in [7, 11) is 0. The van der Waals surface area contributed by atoms with Gasteiger partial charge in [0.15, 0.2) is 0 Å². The molecule has 1 amide bonds. The maximum Gasteiger partial charge on any atom is 0.259 e. The Morgan fingerprint density at radius 3 is 2.55 bits per heavy atom. The predicted octanol–water partition coefficient (Wildman–Crippen LogP) is 4.59. The van der Waals surface area contributed by atoms with E-state index in [1.54, 1.807) is 0 Å². The highest BCUT2D eigenvalue weighted by Crippen LogP contribution is 2.41. The van der Waals surface area contributed by atoms with Gasteiger partial charge in [0.2, 0.25) is 0 Å². The fraction of sp³-hybridized carbons (Fsp3) is 0.393. The van der Waals surface area contributed by atoms with Crippen molar-refractivity contribution in [3.05, 3.63) is 71.8 Å². The smallest absolute Gasteiger partial charge is 0.259 e. The van der Waals surface area contributed by atoms with Gasteiger partial charge in [-0.3, -0.25) is 9.69 Å². The molecule has 0 N–H and O–H groups in total. The number of carbonyl (C=O) groups is 1. The monoisotopic (exact) mass is 443 g/mol. The lowest BCUT2D eigenvalue weighted by Crippen LogP contribution is -2.33. The Morgan fingerprint density at radius 2 is 1.70 bits per heavy atom. The third kappa shape index (κ3) is 4.48. The van der Waals surface area contributed by atoms with Gasteiger partial charge in [-0.1, -0.05) is 42.5 Å². The Kier molecular flexibility index (Phi) is 6.60. The maximum absolute atomic E-state index is 13.3. The SMILES string of the molecule is CCOCCN1CCCN(c2ccc3c4c(cccc24)C(=O)N3CCc2ccccc2)CC1. The number of nitrogens with zero attached hydrogens (tertiary/aromatic N) is 3. The average molecular weight is 444 g/mol. The van der Waals surface area contributed by atoms with Crippen LogP contribution in [0.2, 0.25) is 0 Å². The minimum absolute atomic E-state index is 0.127. The number of rotatable bonds is 8. The van der Waals surface area contributed by atoms with E-state index in [0.717, 1.165) is 75.4 Å². The average Bonchev–Trinajstić information content (AvgIpc) is 2.99. The summed E-state index contributed by atoms with van der Waals surface area (Å²) in [5.41, 5.74) is 4.40. The van der Waals surface area contributed by atoms with Crippen LogP contribution in [-0.4, -0.2) is 63.3 Å². The zero-order chi connectivity index (χ0) is 22.6. The molecule has 3 aromatic rings. The van der Waals surface area contributed by atoms with Crippen LogP contribution in [0, 0.1) is 0 Å². The third-order valence-electron chi connectivity index (χ3n) is 6.91. The Balaban J connectivity index is 1.38. The largest absolute Gasteiger partial charge is 0.380 e. The quantitative estimate of drug-likeness (QED) is 0.477. The second kappa shape index (κ2) is 9.94. The van der Waals surface area contributed by atoms with Gasteiger partial charge in [0.05, 0.1) is 12.3 Å². The lowest BCUT2D eigenvalue weighted by atomic mass is 10.0. The molecule has 0 unspecified atom stereocenters. The Bertz CT molecular complexity index is 1110. The fourth-order valence-electron chi connectivity index (χ4n) is 5.19. The molecule has 3 aromatic carbocycles.